The Morgan fingerprint density at radius 1 is 1.14 bits per heavy atom. The lowest BCUT2D eigenvalue weighted by Gasteiger charge is -2.06. The Labute approximate surface area is 180 Å². The number of aromatic nitrogens is 1. The van der Waals surface area contributed by atoms with Crippen LogP contribution in [0.5, 0.6) is 5.88 Å². The molecule has 1 amide bonds. The molecule has 2 heterocycles. The van der Waals surface area contributed by atoms with Crippen molar-refractivity contribution in [1.29, 1.82) is 5.26 Å². The number of anilines is 1. The van der Waals surface area contributed by atoms with Gasteiger partial charge in [-0.15, -0.1) is 11.3 Å². The number of rotatable bonds is 5. The quantitative estimate of drug-likeness (QED) is 0.406. The van der Waals surface area contributed by atoms with E-state index >= 15 is 0 Å². The lowest BCUT2D eigenvalue weighted by Crippen LogP contribution is -2.10. The Morgan fingerprint density at radius 3 is 2.69 bits per heavy atom. The molecule has 29 heavy (non-hydrogen) atoms. The van der Waals surface area contributed by atoms with Gasteiger partial charge in [-0.25, -0.2) is 0 Å². The summed E-state index contributed by atoms with van der Waals surface area (Å²) in [5.74, 6) is -0.0507. The molecule has 5 nitrogen and oxygen atoms in total. The number of benzene rings is 2. The van der Waals surface area contributed by atoms with Crippen LogP contribution in [-0.4, -0.2) is 15.6 Å². The molecule has 0 aliphatic rings. The first-order chi connectivity index (χ1) is 14.0. The summed E-state index contributed by atoms with van der Waals surface area (Å²) >= 11 is 4.73. The van der Waals surface area contributed by atoms with Crippen LogP contribution in [0.3, 0.4) is 0 Å². The third-order valence-electron chi connectivity index (χ3n) is 4.58. The molecular formula is C22H16BrN3O2S. The number of carbonyl (C=O) groups excluding carboxylic acids is 1. The highest BCUT2D eigenvalue weighted by Gasteiger charge is 2.15. The summed E-state index contributed by atoms with van der Waals surface area (Å²) in [5, 5.41) is 24.0. The SMILES string of the molecule is N#CCc1cccc(Cn2cc3c(NC(=O)c4ccc(Br)s4)cccc3c2O)c1. The molecule has 0 saturated carbocycles. The zero-order valence-electron chi connectivity index (χ0n) is 15.2. The summed E-state index contributed by atoms with van der Waals surface area (Å²) in [6, 6.07) is 18.9. The molecule has 0 spiro atoms. The van der Waals surface area contributed by atoms with Gasteiger partial charge in [0.15, 0.2) is 5.88 Å². The fourth-order valence-electron chi connectivity index (χ4n) is 3.25. The topological polar surface area (TPSA) is 78.0 Å². The van der Waals surface area contributed by atoms with Gasteiger partial charge >= 0.3 is 0 Å². The highest BCUT2D eigenvalue weighted by Crippen LogP contribution is 2.33. The van der Waals surface area contributed by atoms with Crippen LogP contribution in [0.1, 0.15) is 20.8 Å². The summed E-state index contributed by atoms with van der Waals surface area (Å²) < 4.78 is 2.64. The van der Waals surface area contributed by atoms with Crippen molar-refractivity contribution in [3.63, 3.8) is 0 Å². The molecule has 0 aliphatic carbocycles. The number of nitrogens with zero attached hydrogens (tertiary/aromatic N) is 2. The molecule has 0 saturated heterocycles. The number of hydrogen-bond donors (Lipinski definition) is 2. The molecule has 0 radical (unpaired) electrons. The fraction of sp³-hybridized carbons (Fsp3) is 0.0909. The standard InChI is InChI=1S/C22H16BrN3O2S/c23-20-8-7-19(29-20)21(27)25-18-6-2-5-16-17(18)13-26(22(16)28)12-15-4-1-3-14(11-15)9-10-24/h1-8,11,13,28H,9,12H2,(H,25,27). The second-order valence-electron chi connectivity index (χ2n) is 6.56. The van der Waals surface area contributed by atoms with E-state index in [9.17, 15) is 9.90 Å². The highest BCUT2D eigenvalue weighted by molar-refractivity contribution is 9.11. The predicted molar refractivity (Wildman–Crippen MR) is 118 cm³/mol. The van der Waals surface area contributed by atoms with Gasteiger partial charge in [0.05, 0.1) is 33.4 Å². The minimum absolute atomic E-state index is 0.139. The Kier molecular flexibility index (Phi) is 5.38. The third kappa shape index (κ3) is 4.04. The van der Waals surface area contributed by atoms with E-state index in [1.165, 1.54) is 11.3 Å². The smallest absolute Gasteiger partial charge is 0.265 e. The molecular weight excluding hydrogens is 450 g/mol. The van der Waals surface area contributed by atoms with Gasteiger partial charge in [0.25, 0.3) is 5.91 Å². The first-order valence-electron chi connectivity index (χ1n) is 8.87. The first-order valence-corrected chi connectivity index (χ1v) is 10.5. The van der Waals surface area contributed by atoms with Crippen LogP contribution in [0.15, 0.2) is 64.6 Å². The minimum Gasteiger partial charge on any atom is -0.494 e. The van der Waals surface area contributed by atoms with E-state index in [0.29, 0.717) is 28.9 Å². The maximum atomic E-state index is 12.5. The van der Waals surface area contributed by atoms with E-state index in [2.05, 4.69) is 27.3 Å². The molecule has 2 aromatic carbocycles. The number of hydrogen-bond acceptors (Lipinski definition) is 4. The van der Waals surface area contributed by atoms with Crippen molar-refractivity contribution in [3.8, 4) is 11.9 Å². The Balaban J connectivity index is 1.65. The predicted octanol–water partition coefficient (Wildman–Crippen LogP) is 5.54. The first kappa shape index (κ1) is 19.2. The summed E-state index contributed by atoms with van der Waals surface area (Å²) in [6.07, 6.45) is 2.18. The van der Waals surface area contributed by atoms with Gasteiger partial charge in [-0.2, -0.15) is 5.26 Å². The molecule has 4 rings (SSSR count). The second kappa shape index (κ2) is 8.11. The van der Waals surface area contributed by atoms with Crippen LogP contribution in [0.2, 0.25) is 0 Å². The number of halogens is 1. The molecule has 7 heteroatoms. The number of fused-ring (bicyclic) bond motifs is 1. The maximum Gasteiger partial charge on any atom is 0.265 e. The Morgan fingerprint density at radius 2 is 1.93 bits per heavy atom. The van der Waals surface area contributed by atoms with Gasteiger partial charge < -0.3 is 15.0 Å². The Hall–Kier alpha value is -3.08. The molecule has 144 valence electrons. The summed E-state index contributed by atoms with van der Waals surface area (Å²) in [6.45, 7) is 0.463. The van der Waals surface area contributed by atoms with E-state index in [-0.39, 0.29) is 11.8 Å². The maximum absolute atomic E-state index is 12.5. The van der Waals surface area contributed by atoms with E-state index in [0.717, 1.165) is 20.3 Å². The van der Waals surface area contributed by atoms with E-state index < -0.39 is 0 Å². The molecule has 0 fully saturated rings. The van der Waals surface area contributed by atoms with Crippen LogP contribution in [0.4, 0.5) is 5.69 Å². The lowest BCUT2D eigenvalue weighted by atomic mass is 10.1. The average molecular weight is 466 g/mol. The van der Waals surface area contributed by atoms with Crippen LogP contribution < -0.4 is 5.32 Å². The normalized spacial score (nSPS) is 10.8. The molecule has 0 atom stereocenters. The van der Waals surface area contributed by atoms with Crippen molar-refractivity contribution >= 4 is 49.6 Å². The number of carbonyl (C=O) groups is 1. The molecule has 4 aromatic rings. The second-order valence-corrected chi connectivity index (χ2v) is 9.02. The number of thiophene rings is 1. The third-order valence-corrected chi connectivity index (χ3v) is 6.20. The van der Waals surface area contributed by atoms with Crippen molar-refractivity contribution in [3.05, 3.63) is 80.6 Å². The van der Waals surface area contributed by atoms with Gasteiger partial charge in [-0.05, 0) is 51.3 Å². The highest BCUT2D eigenvalue weighted by atomic mass is 79.9. The van der Waals surface area contributed by atoms with Crippen molar-refractivity contribution in [2.24, 2.45) is 0 Å². The Bertz CT molecular complexity index is 1250. The largest absolute Gasteiger partial charge is 0.494 e. The fourth-order valence-corrected chi connectivity index (χ4v) is 4.53. The van der Waals surface area contributed by atoms with Gasteiger partial charge in [-0.3, -0.25) is 4.79 Å². The van der Waals surface area contributed by atoms with Gasteiger partial charge in [0.2, 0.25) is 0 Å². The van der Waals surface area contributed by atoms with E-state index in [1.807, 2.05) is 48.7 Å². The summed E-state index contributed by atoms with van der Waals surface area (Å²) in [7, 11) is 0. The zero-order chi connectivity index (χ0) is 20.4. The minimum atomic E-state index is -0.190. The average Bonchev–Trinajstić information content (AvgIpc) is 3.27. The number of nitrogens with one attached hydrogen (secondary N) is 1. The van der Waals surface area contributed by atoms with Crippen LogP contribution >= 0.6 is 27.3 Å². The van der Waals surface area contributed by atoms with Crippen LogP contribution in [-0.2, 0) is 13.0 Å². The van der Waals surface area contributed by atoms with Crippen LogP contribution in [0, 0.1) is 11.3 Å². The van der Waals surface area contributed by atoms with Crippen molar-refractivity contribution in [1.82, 2.24) is 4.57 Å². The molecule has 2 aromatic heterocycles. The van der Waals surface area contributed by atoms with Crippen molar-refractivity contribution in [2.75, 3.05) is 5.32 Å². The lowest BCUT2D eigenvalue weighted by molar-refractivity contribution is 0.103. The zero-order valence-corrected chi connectivity index (χ0v) is 17.6. The molecule has 0 aliphatic heterocycles. The van der Waals surface area contributed by atoms with Crippen LogP contribution in [0.25, 0.3) is 10.8 Å². The van der Waals surface area contributed by atoms with E-state index in [1.54, 1.807) is 16.7 Å². The number of nitriles is 1. The van der Waals surface area contributed by atoms with Gasteiger partial charge in [-0.1, -0.05) is 30.3 Å². The summed E-state index contributed by atoms with van der Waals surface area (Å²) in [4.78, 5) is 13.1. The van der Waals surface area contributed by atoms with Gasteiger partial charge in [0, 0.05) is 17.0 Å². The molecule has 0 unspecified atom stereocenters. The van der Waals surface area contributed by atoms with E-state index in [4.69, 9.17) is 5.26 Å². The van der Waals surface area contributed by atoms with Crippen molar-refractivity contribution < 1.29 is 9.90 Å². The summed E-state index contributed by atoms with van der Waals surface area (Å²) in [5.41, 5.74) is 2.57. The van der Waals surface area contributed by atoms with Crippen molar-refractivity contribution in [2.45, 2.75) is 13.0 Å². The molecule has 2 N–H and O–H groups in total. The van der Waals surface area contributed by atoms with Gasteiger partial charge in [0.1, 0.15) is 0 Å². The number of amides is 1. The molecule has 0 bridgehead atoms. The number of aromatic hydroxyl groups is 1. The monoisotopic (exact) mass is 465 g/mol.